The summed E-state index contributed by atoms with van der Waals surface area (Å²) < 4.78 is 0. The highest BCUT2D eigenvalue weighted by Crippen LogP contribution is 2.28. The summed E-state index contributed by atoms with van der Waals surface area (Å²) in [6.07, 6.45) is 0. The fraction of sp³-hybridized carbons (Fsp3) is 0.455. The Balaban J connectivity index is 2.88. The van der Waals surface area contributed by atoms with Gasteiger partial charge in [-0.05, 0) is 12.1 Å². The molecule has 1 aromatic rings. The van der Waals surface area contributed by atoms with Crippen molar-refractivity contribution in [3.05, 3.63) is 33.3 Å². The monoisotopic (exact) mass is 274 g/mol. The van der Waals surface area contributed by atoms with E-state index in [-0.39, 0.29) is 30.5 Å². The molecule has 0 radical (unpaired) electrons. The first-order valence-electron chi connectivity index (χ1n) is 5.31. The molecule has 3 N–H and O–H groups in total. The summed E-state index contributed by atoms with van der Waals surface area (Å²) in [5.41, 5.74) is -0.578. The van der Waals surface area contributed by atoms with Gasteiger partial charge in [0.1, 0.15) is 5.69 Å². The minimum Gasteiger partial charge on any atom is -0.396 e. The highest BCUT2D eigenvalue weighted by molar-refractivity contribution is 6.30. The third kappa shape index (κ3) is 3.56. The zero-order chi connectivity index (χ0) is 13.8. The van der Waals surface area contributed by atoms with E-state index in [4.69, 9.17) is 21.8 Å². The maximum atomic E-state index is 10.8. The summed E-state index contributed by atoms with van der Waals surface area (Å²) >= 11 is 5.69. The molecule has 100 valence electrons. The molecule has 0 heterocycles. The smallest absolute Gasteiger partial charge is 0.293 e. The Morgan fingerprint density at radius 3 is 2.56 bits per heavy atom. The van der Waals surface area contributed by atoms with Crippen LogP contribution in [-0.2, 0) is 0 Å². The molecule has 18 heavy (non-hydrogen) atoms. The molecule has 0 amide bonds. The van der Waals surface area contributed by atoms with Gasteiger partial charge in [-0.2, -0.15) is 0 Å². The number of anilines is 1. The highest BCUT2D eigenvalue weighted by atomic mass is 35.5. The van der Waals surface area contributed by atoms with E-state index in [9.17, 15) is 10.1 Å². The Bertz CT molecular complexity index is 435. The number of nitrogens with one attached hydrogen (secondary N) is 1. The summed E-state index contributed by atoms with van der Waals surface area (Å²) in [5.74, 6) is 0. The van der Waals surface area contributed by atoms with Crippen LogP contribution >= 0.6 is 11.6 Å². The van der Waals surface area contributed by atoms with Gasteiger partial charge in [-0.15, -0.1) is 0 Å². The van der Waals surface area contributed by atoms with Gasteiger partial charge in [0, 0.05) is 23.0 Å². The minimum absolute atomic E-state index is 0.138. The maximum Gasteiger partial charge on any atom is 0.293 e. The SMILES string of the molecule is CC(CO)(CO)CNc1ccc(Cl)cc1[N+](=O)[O-]. The molecule has 0 aliphatic rings. The van der Waals surface area contributed by atoms with Gasteiger partial charge in [0.2, 0.25) is 0 Å². The summed E-state index contributed by atoms with van der Waals surface area (Å²) in [5, 5.41) is 32.2. The Hall–Kier alpha value is -1.37. The fourth-order valence-corrected chi connectivity index (χ4v) is 1.44. The first-order valence-corrected chi connectivity index (χ1v) is 5.69. The molecule has 6 nitrogen and oxygen atoms in total. The van der Waals surface area contributed by atoms with Gasteiger partial charge < -0.3 is 15.5 Å². The van der Waals surface area contributed by atoms with E-state index in [0.29, 0.717) is 5.69 Å². The first kappa shape index (κ1) is 14.7. The second-order valence-electron chi connectivity index (χ2n) is 4.40. The summed E-state index contributed by atoms with van der Waals surface area (Å²) in [4.78, 5) is 10.3. The van der Waals surface area contributed by atoms with Crippen molar-refractivity contribution >= 4 is 23.0 Å². The number of rotatable bonds is 6. The predicted octanol–water partition coefficient (Wildman–Crippen LogP) is 1.65. The van der Waals surface area contributed by atoms with Gasteiger partial charge in [-0.1, -0.05) is 18.5 Å². The largest absolute Gasteiger partial charge is 0.396 e. The van der Waals surface area contributed by atoms with Crippen LogP contribution in [0.2, 0.25) is 5.02 Å². The number of benzene rings is 1. The first-order chi connectivity index (χ1) is 8.41. The predicted molar refractivity (Wildman–Crippen MR) is 68.9 cm³/mol. The fourth-order valence-electron chi connectivity index (χ4n) is 1.28. The van der Waals surface area contributed by atoms with E-state index in [1.807, 2.05) is 0 Å². The molecule has 7 heteroatoms. The Morgan fingerprint density at radius 2 is 2.06 bits per heavy atom. The van der Waals surface area contributed by atoms with Gasteiger partial charge in [0.15, 0.2) is 0 Å². The lowest BCUT2D eigenvalue weighted by molar-refractivity contribution is -0.384. The normalized spacial score (nSPS) is 11.3. The van der Waals surface area contributed by atoms with Crippen LogP contribution in [0.15, 0.2) is 18.2 Å². The van der Waals surface area contributed by atoms with Crippen molar-refractivity contribution in [2.24, 2.45) is 5.41 Å². The number of aliphatic hydroxyl groups excluding tert-OH is 2. The molecular weight excluding hydrogens is 260 g/mol. The van der Waals surface area contributed by atoms with Crippen LogP contribution in [0.1, 0.15) is 6.92 Å². The van der Waals surface area contributed by atoms with Crippen molar-refractivity contribution in [1.29, 1.82) is 0 Å². The van der Waals surface area contributed by atoms with E-state index in [1.54, 1.807) is 6.92 Å². The van der Waals surface area contributed by atoms with Crippen molar-refractivity contribution in [3.63, 3.8) is 0 Å². The van der Waals surface area contributed by atoms with E-state index >= 15 is 0 Å². The summed E-state index contributed by atoms with van der Waals surface area (Å²) in [6.45, 7) is 1.43. The number of nitrogens with zero attached hydrogens (tertiary/aromatic N) is 1. The van der Waals surface area contributed by atoms with Crippen molar-refractivity contribution in [3.8, 4) is 0 Å². The number of hydrogen-bond donors (Lipinski definition) is 3. The van der Waals surface area contributed by atoms with E-state index < -0.39 is 10.3 Å². The zero-order valence-corrected chi connectivity index (χ0v) is 10.6. The van der Waals surface area contributed by atoms with Crippen LogP contribution in [0.3, 0.4) is 0 Å². The van der Waals surface area contributed by atoms with Crippen LogP contribution in [0.4, 0.5) is 11.4 Å². The van der Waals surface area contributed by atoms with Crippen LogP contribution in [0.25, 0.3) is 0 Å². The van der Waals surface area contributed by atoms with Crippen LogP contribution in [0.5, 0.6) is 0 Å². The van der Waals surface area contributed by atoms with Gasteiger partial charge >= 0.3 is 0 Å². The summed E-state index contributed by atoms with van der Waals surface area (Å²) in [7, 11) is 0. The maximum absolute atomic E-state index is 10.8. The van der Waals surface area contributed by atoms with Crippen molar-refractivity contribution in [2.75, 3.05) is 25.1 Å². The Morgan fingerprint density at radius 1 is 1.44 bits per heavy atom. The van der Waals surface area contributed by atoms with E-state index in [2.05, 4.69) is 5.32 Å². The third-order valence-electron chi connectivity index (χ3n) is 2.63. The number of aliphatic hydroxyl groups is 2. The van der Waals surface area contributed by atoms with Crippen LogP contribution in [0, 0.1) is 15.5 Å². The van der Waals surface area contributed by atoms with Gasteiger partial charge in [-0.3, -0.25) is 10.1 Å². The lowest BCUT2D eigenvalue weighted by Crippen LogP contribution is -2.34. The van der Waals surface area contributed by atoms with Gasteiger partial charge in [-0.25, -0.2) is 0 Å². The van der Waals surface area contributed by atoms with Crippen LogP contribution < -0.4 is 5.32 Å². The zero-order valence-electron chi connectivity index (χ0n) is 9.89. The van der Waals surface area contributed by atoms with E-state index in [0.717, 1.165) is 0 Å². The third-order valence-corrected chi connectivity index (χ3v) is 2.86. The summed E-state index contributed by atoms with van der Waals surface area (Å²) in [6, 6.07) is 4.28. The van der Waals surface area contributed by atoms with Gasteiger partial charge in [0.05, 0.1) is 18.1 Å². The molecule has 1 rings (SSSR count). The highest BCUT2D eigenvalue weighted by Gasteiger charge is 2.24. The van der Waals surface area contributed by atoms with Crippen molar-refractivity contribution in [2.45, 2.75) is 6.92 Å². The average molecular weight is 275 g/mol. The second-order valence-corrected chi connectivity index (χ2v) is 4.84. The molecule has 0 aromatic heterocycles. The molecule has 0 saturated carbocycles. The quantitative estimate of drug-likeness (QED) is 0.541. The van der Waals surface area contributed by atoms with Crippen molar-refractivity contribution < 1.29 is 15.1 Å². The van der Waals surface area contributed by atoms with Crippen molar-refractivity contribution in [1.82, 2.24) is 0 Å². The van der Waals surface area contributed by atoms with Crippen LogP contribution in [-0.4, -0.2) is 34.9 Å². The minimum atomic E-state index is -0.743. The number of halogens is 1. The Labute approximate surface area is 109 Å². The second kappa shape index (κ2) is 5.99. The number of nitro benzene ring substituents is 1. The molecule has 0 bridgehead atoms. The number of nitro groups is 1. The average Bonchev–Trinajstić information content (AvgIpc) is 2.36. The standard InChI is InChI=1S/C11H15ClN2O4/c1-11(6-15,7-16)5-13-9-3-2-8(12)4-10(9)14(17)18/h2-4,13,15-16H,5-7H2,1H3. The molecular formula is C11H15ClN2O4. The van der Waals surface area contributed by atoms with Gasteiger partial charge in [0.25, 0.3) is 5.69 Å². The lowest BCUT2D eigenvalue weighted by Gasteiger charge is -2.25. The molecule has 0 atom stereocenters. The molecule has 0 aliphatic carbocycles. The topological polar surface area (TPSA) is 95.6 Å². The molecule has 0 aliphatic heterocycles. The van der Waals surface area contributed by atoms with E-state index in [1.165, 1.54) is 18.2 Å². The molecule has 0 spiro atoms. The molecule has 0 saturated heterocycles. The number of hydrogen-bond acceptors (Lipinski definition) is 5. The Kier molecular flexibility index (Phi) is 4.89. The molecule has 0 fully saturated rings. The molecule has 0 unspecified atom stereocenters. The molecule has 1 aromatic carbocycles. The lowest BCUT2D eigenvalue weighted by atomic mass is 9.93.